The Kier molecular flexibility index (Phi) is 8.26. The fourth-order valence-corrected chi connectivity index (χ4v) is 4.19. The summed E-state index contributed by atoms with van der Waals surface area (Å²) >= 11 is 0. The molecule has 0 aromatic heterocycles. The van der Waals surface area contributed by atoms with Crippen LogP contribution in [0.15, 0.2) is 42.5 Å². The Balaban J connectivity index is 1.57. The number of benzene rings is 2. The molecule has 1 aliphatic rings. The summed E-state index contributed by atoms with van der Waals surface area (Å²) in [6, 6.07) is 13.1. The summed E-state index contributed by atoms with van der Waals surface area (Å²) in [4.78, 5) is 17.2. The van der Waals surface area contributed by atoms with Crippen molar-refractivity contribution in [2.75, 3.05) is 19.7 Å². The maximum atomic E-state index is 13.2. The van der Waals surface area contributed by atoms with Gasteiger partial charge in [0.2, 0.25) is 0 Å². The quantitative estimate of drug-likeness (QED) is 0.675. The number of nitrogens with two attached hydrogens (primary N) is 1. The number of amides is 1. The second-order valence-electron chi connectivity index (χ2n) is 9.06. The van der Waals surface area contributed by atoms with Gasteiger partial charge in [-0.15, -0.1) is 0 Å². The average molecular weight is 442 g/mol. The van der Waals surface area contributed by atoms with Crippen LogP contribution in [0.25, 0.3) is 0 Å². The first-order chi connectivity index (χ1) is 15.3. The third-order valence-corrected chi connectivity index (χ3v) is 6.36. The molecular weight excluding hydrogens is 405 g/mol. The van der Waals surface area contributed by atoms with Crippen LogP contribution in [0.2, 0.25) is 0 Å². The van der Waals surface area contributed by atoms with Crippen LogP contribution in [0.1, 0.15) is 43.9 Å². The molecule has 2 N–H and O–H groups in total. The smallest absolute Gasteiger partial charge is 0.260 e. The molecule has 1 fully saturated rings. The number of rotatable bonds is 8. The summed E-state index contributed by atoms with van der Waals surface area (Å²) < 4.78 is 19.1. The van der Waals surface area contributed by atoms with Crippen LogP contribution < -0.4 is 10.5 Å². The summed E-state index contributed by atoms with van der Waals surface area (Å²) in [5.74, 6) is 0.523. The molecule has 174 valence electrons. The normalized spacial score (nSPS) is 20.2. The van der Waals surface area contributed by atoms with E-state index in [-0.39, 0.29) is 36.5 Å². The van der Waals surface area contributed by atoms with Crippen molar-refractivity contribution in [2.45, 2.75) is 65.2 Å². The molecule has 3 atom stereocenters. The van der Waals surface area contributed by atoms with Gasteiger partial charge in [0.05, 0.1) is 0 Å². The van der Waals surface area contributed by atoms with Crippen molar-refractivity contribution < 1.29 is 13.9 Å². The standard InChI is InChI=1S/C26H36FN3O2/c1-5-24(28)12-22-7-6-18(2)25(13-22)32-17-26(31)30-15-19(3)29(14-20(30)4)16-21-8-10-23(27)11-9-21/h6-11,13,19-20,24H,5,12,14-17,28H2,1-4H3/t19-,20+,24?/m1/s1. The van der Waals surface area contributed by atoms with Gasteiger partial charge in [-0.3, -0.25) is 9.69 Å². The molecule has 1 heterocycles. The Bertz CT molecular complexity index is 902. The first-order valence-electron chi connectivity index (χ1n) is 11.5. The minimum Gasteiger partial charge on any atom is -0.483 e. The Morgan fingerprint density at radius 1 is 1.12 bits per heavy atom. The maximum absolute atomic E-state index is 13.2. The highest BCUT2D eigenvalue weighted by Gasteiger charge is 2.32. The Hall–Kier alpha value is -2.44. The molecule has 1 aliphatic heterocycles. The number of hydrogen-bond donors (Lipinski definition) is 1. The second kappa shape index (κ2) is 10.9. The topological polar surface area (TPSA) is 58.8 Å². The zero-order valence-corrected chi connectivity index (χ0v) is 19.7. The van der Waals surface area contributed by atoms with Gasteiger partial charge >= 0.3 is 0 Å². The van der Waals surface area contributed by atoms with Gasteiger partial charge in [0.1, 0.15) is 11.6 Å². The van der Waals surface area contributed by atoms with E-state index in [1.165, 1.54) is 12.1 Å². The number of piperazine rings is 1. The van der Waals surface area contributed by atoms with Crippen LogP contribution >= 0.6 is 0 Å². The molecule has 0 saturated carbocycles. The minimum atomic E-state index is -0.223. The van der Waals surface area contributed by atoms with Crippen LogP contribution in [0.4, 0.5) is 4.39 Å². The van der Waals surface area contributed by atoms with Crippen molar-refractivity contribution in [2.24, 2.45) is 5.73 Å². The van der Waals surface area contributed by atoms with Crippen molar-refractivity contribution in [3.8, 4) is 5.75 Å². The third kappa shape index (κ3) is 6.30. The van der Waals surface area contributed by atoms with Crippen LogP contribution in [-0.2, 0) is 17.8 Å². The summed E-state index contributed by atoms with van der Waals surface area (Å²) in [6.45, 7) is 10.5. The van der Waals surface area contributed by atoms with Gasteiger partial charge in [0.25, 0.3) is 5.91 Å². The van der Waals surface area contributed by atoms with E-state index in [1.54, 1.807) is 0 Å². The van der Waals surface area contributed by atoms with Crippen molar-refractivity contribution >= 4 is 5.91 Å². The SMILES string of the molecule is CCC(N)Cc1ccc(C)c(OCC(=O)N2C[C@@H](C)N(Cc3ccc(F)cc3)C[C@@H]2C)c1. The van der Waals surface area contributed by atoms with E-state index in [9.17, 15) is 9.18 Å². The third-order valence-electron chi connectivity index (χ3n) is 6.36. The first-order valence-corrected chi connectivity index (χ1v) is 11.5. The Labute approximate surface area is 191 Å². The molecule has 1 unspecified atom stereocenters. The highest BCUT2D eigenvalue weighted by atomic mass is 19.1. The van der Waals surface area contributed by atoms with Gasteiger partial charge in [-0.25, -0.2) is 4.39 Å². The van der Waals surface area contributed by atoms with Crippen LogP contribution in [-0.4, -0.2) is 53.5 Å². The average Bonchev–Trinajstić information content (AvgIpc) is 2.77. The highest BCUT2D eigenvalue weighted by Crippen LogP contribution is 2.22. The lowest BCUT2D eigenvalue weighted by Crippen LogP contribution is -2.58. The molecule has 2 aromatic rings. The van der Waals surface area contributed by atoms with Gasteiger partial charge in [0, 0.05) is 37.8 Å². The number of carbonyl (C=O) groups excluding carboxylic acids is 1. The van der Waals surface area contributed by atoms with E-state index >= 15 is 0 Å². The van der Waals surface area contributed by atoms with E-state index in [2.05, 4.69) is 31.7 Å². The van der Waals surface area contributed by atoms with Crippen LogP contribution in [0.5, 0.6) is 5.75 Å². The van der Waals surface area contributed by atoms with Gasteiger partial charge in [-0.05, 0) is 68.5 Å². The largest absolute Gasteiger partial charge is 0.483 e. The van der Waals surface area contributed by atoms with Gasteiger partial charge < -0.3 is 15.4 Å². The number of carbonyl (C=O) groups is 1. The van der Waals surface area contributed by atoms with Gasteiger partial charge in [0.15, 0.2) is 6.61 Å². The van der Waals surface area contributed by atoms with Crippen molar-refractivity contribution in [1.29, 1.82) is 0 Å². The van der Waals surface area contributed by atoms with E-state index < -0.39 is 0 Å². The van der Waals surface area contributed by atoms with Gasteiger partial charge in [-0.1, -0.05) is 31.2 Å². The molecule has 6 heteroatoms. The van der Waals surface area contributed by atoms with E-state index in [4.69, 9.17) is 10.5 Å². The van der Waals surface area contributed by atoms with E-state index in [0.29, 0.717) is 6.54 Å². The lowest BCUT2D eigenvalue weighted by atomic mass is 10.0. The van der Waals surface area contributed by atoms with Crippen molar-refractivity contribution in [3.63, 3.8) is 0 Å². The molecular formula is C26H36FN3O2. The summed E-state index contributed by atoms with van der Waals surface area (Å²) in [5.41, 5.74) is 9.30. The summed E-state index contributed by atoms with van der Waals surface area (Å²) in [5, 5.41) is 0. The second-order valence-corrected chi connectivity index (χ2v) is 9.06. The lowest BCUT2D eigenvalue weighted by molar-refractivity contribution is -0.139. The van der Waals surface area contributed by atoms with E-state index in [1.807, 2.05) is 36.1 Å². The predicted octanol–water partition coefficient (Wildman–Crippen LogP) is 3.91. The number of nitrogens with zero attached hydrogens (tertiary/aromatic N) is 2. The zero-order chi connectivity index (χ0) is 23.3. The highest BCUT2D eigenvalue weighted by molar-refractivity contribution is 5.78. The molecule has 0 radical (unpaired) electrons. The number of halogens is 1. The molecule has 0 bridgehead atoms. The molecule has 3 rings (SSSR count). The maximum Gasteiger partial charge on any atom is 0.260 e. The Morgan fingerprint density at radius 2 is 1.81 bits per heavy atom. The number of ether oxygens (including phenoxy) is 1. The van der Waals surface area contributed by atoms with E-state index in [0.717, 1.165) is 48.4 Å². The lowest BCUT2D eigenvalue weighted by Gasteiger charge is -2.44. The monoisotopic (exact) mass is 441 g/mol. The molecule has 1 saturated heterocycles. The zero-order valence-electron chi connectivity index (χ0n) is 19.7. The summed E-state index contributed by atoms with van der Waals surface area (Å²) in [6.07, 6.45) is 1.72. The van der Waals surface area contributed by atoms with Crippen molar-refractivity contribution in [3.05, 3.63) is 65.0 Å². The first kappa shape index (κ1) is 24.2. The molecule has 32 heavy (non-hydrogen) atoms. The fraction of sp³-hybridized carbons (Fsp3) is 0.500. The van der Waals surface area contributed by atoms with Crippen LogP contribution in [0, 0.1) is 12.7 Å². The number of hydrogen-bond acceptors (Lipinski definition) is 4. The fourth-order valence-electron chi connectivity index (χ4n) is 4.19. The molecule has 5 nitrogen and oxygen atoms in total. The van der Waals surface area contributed by atoms with Crippen LogP contribution in [0.3, 0.4) is 0 Å². The molecule has 0 aliphatic carbocycles. The molecule has 0 spiro atoms. The van der Waals surface area contributed by atoms with Crippen molar-refractivity contribution in [1.82, 2.24) is 9.80 Å². The molecule has 1 amide bonds. The predicted molar refractivity (Wildman–Crippen MR) is 126 cm³/mol. The number of aryl methyl sites for hydroxylation is 1. The Morgan fingerprint density at radius 3 is 2.50 bits per heavy atom. The minimum absolute atomic E-state index is 0.000782. The summed E-state index contributed by atoms with van der Waals surface area (Å²) in [7, 11) is 0. The molecule has 2 aromatic carbocycles. The van der Waals surface area contributed by atoms with Gasteiger partial charge in [-0.2, -0.15) is 0 Å².